The number of anilines is 1. The van der Waals surface area contributed by atoms with Gasteiger partial charge in [-0.25, -0.2) is 0 Å². The van der Waals surface area contributed by atoms with Crippen LogP contribution in [-0.2, 0) is 13.6 Å². The fraction of sp³-hybridized carbons (Fsp3) is 0.538. The van der Waals surface area contributed by atoms with Gasteiger partial charge in [-0.3, -0.25) is 14.8 Å². The lowest BCUT2D eigenvalue weighted by atomic mass is 10.3. The monoisotopic (exact) mass is 287 g/mol. The average Bonchev–Trinajstić information content (AvgIpc) is 2.39. The normalized spacial score (nSPS) is 13.3. The largest absolute Gasteiger partial charge is 0.332 e. The summed E-state index contributed by atoms with van der Waals surface area (Å²) in [6.07, 6.45) is 0.139. The molecule has 1 atom stereocenters. The van der Waals surface area contributed by atoms with Crippen molar-refractivity contribution in [2.45, 2.75) is 26.8 Å². The predicted molar refractivity (Wildman–Crippen MR) is 75.9 cm³/mol. The summed E-state index contributed by atoms with van der Waals surface area (Å²) in [5.74, 6) is 0. The molecule has 0 aliphatic carbocycles. The van der Waals surface area contributed by atoms with Crippen molar-refractivity contribution in [1.29, 1.82) is 0 Å². The van der Waals surface area contributed by atoms with Crippen LogP contribution in [0, 0.1) is 0 Å². The Morgan fingerprint density at radius 1 is 1.21 bits per heavy atom. The van der Waals surface area contributed by atoms with Crippen molar-refractivity contribution in [1.82, 2.24) is 0 Å². The van der Waals surface area contributed by atoms with E-state index in [1.54, 1.807) is 32.9 Å². The van der Waals surface area contributed by atoms with Crippen molar-refractivity contribution in [3.8, 4) is 0 Å². The molecular formula is C13H22NO4P. The lowest BCUT2D eigenvalue weighted by molar-refractivity contribution is 0.200. The Bertz CT molecular complexity index is 402. The van der Waals surface area contributed by atoms with Gasteiger partial charge in [-0.1, -0.05) is 18.2 Å². The summed E-state index contributed by atoms with van der Waals surface area (Å²) in [4.78, 5) is 0. The quantitative estimate of drug-likeness (QED) is 0.585. The van der Waals surface area contributed by atoms with Gasteiger partial charge in [0.1, 0.15) is 0 Å². The van der Waals surface area contributed by atoms with E-state index in [1.807, 2.05) is 18.2 Å². The number of rotatable bonds is 8. The van der Waals surface area contributed by atoms with Gasteiger partial charge in [-0.2, -0.15) is 0 Å². The number of hydroxylamine groups is 1. The van der Waals surface area contributed by atoms with Crippen LogP contribution in [0.4, 0.5) is 5.69 Å². The number of para-hydroxylation sites is 1. The average molecular weight is 287 g/mol. The minimum atomic E-state index is -3.15. The number of hydrogen-bond donors (Lipinski definition) is 1. The molecule has 1 aromatic rings. The topological polar surface area (TPSA) is 59.0 Å². The van der Waals surface area contributed by atoms with Crippen molar-refractivity contribution >= 4 is 13.3 Å². The highest BCUT2D eigenvalue weighted by molar-refractivity contribution is 7.53. The van der Waals surface area contributed by atoms with E-state index in [4.69, 9.17) is 9.05 Å². The van der Waals surface area contributed by atoms with Crippen LogP contribution in [0.3, 0.4) is 0 Å². The summed E-state index contributed by atoms with van der Waals surface area (Å²) >= 11 is 0. The molecule has 0 saturated heterocycles. The van der Waals surface area contributed by atoms with E-state index in [2.05, 4.69) is 0 Å². The van der Waals surface area contributed by atoms with Gasteiger partial charge in [-0.05, 0) is 32.9 Å². The van der Waals surface area contributed by atoms with Crippen LogP contribution in [0.25, 0.3) is 0 Å². The van der Waals surface area contributed by atoms with E-state index in [0.717, 1.165) is 5.06 Å². The highest BCUT2D eigenvalue weighted by atomic mass is 31.2. The molecule has 6 heteroatoms. The van der Waals surface area contributed by atoms with Crippen LogP contribution in [0.15, 0.2) is 30.3 Å². The first-order chi connectivity index (χ1) is 9.02. The highest BCUT2D eigenvalue weighted by Gasteiger charge is 2.29. The maximum atomic E-state index is 12.4. The van der Waals surface area contributed by atoms with E-state index in [-0.39, 0.29) is 12.2 Å². The fourth-order valence-electron chi connectivity index (χ4n) is 1.77. The summed E-state index contributed by atoms with van der Waals surface area (Å²) in [6, 6.07) is 8.72. The first-order valence-electron chi connectivity index (χ1n) is 6.43. The Morgan fingerprint density at radius 2 is 1.74 bits per heavy atom. The zero-order chi connectivity index (χ0) is 14.3. The lowest BCUT2D eigenvalue weighted by Gasteiger charge is -2.27. The van der Waals surface area contributed by atoms with Crippen LogP contribution in [0.1, 0.15) is 20.8 Å². The number of benzene rings is 1. The molecule has 0 amide bonds. The molecule has 1 rings (SSSR count). The maximum absolute atomic E-state index is 12.4. The van der Waals surface area contributed by atoms with Gasteiger partial charge in [0.05, 0.1) is 31.1 Å². The first kappa shape index (κ1) is 16.2. The molecule has 1 aromatic carbocycles. The molecule has 5 nitrogen and oxygen atoms in total. The van der Waals surface area contributed by atoms with Crippen LogP contribution in [0.5, 0.6) is 0 Å². The third-order valence-corrected chi connectivity index (χ3v) is 4.86. The first-order valence-corrected chi connectivity index (χ1v) is 8.16. The van der Waals surface area contributed by atoms with Crippen molar-refractivity contribution in [3.63, 3.8) is 0 Å². The summed E-state index contributed by atoms with van der Waals surface area (Å²) in [7, 11) is -3.15. The molecular weight excluding hydrogens is 265 g/mol. The lowest BCUT2D eigenvalue weighted by Crippen LogP contribution is -2.33. The van der Waals surface area contributed by atoms with Crippen molar-refractivity contribution in [2.75, 3.05) is 24.4 Å². The molecule has 0 aromatic heterocycles. The van der Waals surface area contributed by atoms with Crippen LogP contribution in [-0.4, -0.2) is 30.6 Å². The Kier molecular flexibility index (Phi) is 6.52. The molecule has 19 heavy (non-hydrogen) atoms. The zero-order valence-corrected chi connectivity index (χ0v) is 12.5. The minimum Gasteiger partial charge on any atom is -0.309 e. The molecule has 0 radical (unpaired) electrons. The Labute approximate surface area is 114 Å². The van der Waals surface area contributed by atoms with Crippen molar-refractivity contribution in [2.24, 2.45) is 0 Å². The maximum Gasteiger partial charge on any atom is 0.332 e. The predicted octanol–water partition coefficient (Wildman–Crippen LogP) is 3.54. The van der Waals surface area contributed by atoms with Crippen molar-refractivity contribution < 1.29 is 18.8 Å². The summed E-state index contributed by atoms with van der Waals surface area (Å²) in [6.45, 7) is 5.95. The van der Waals surface area contributed by atoms with E-state index >= 15 is 0 Å². The Balaban J connectivity index is 2.71. The minimum absolute atomic E-state index is 0.139. The van der Waals surface area contributed by atoms with Gasteiger partial charge in [0, 0.05) is 0 Å². The van der Waals surface area contributed by atoms with E-state index in [1.165, 1.54) is 0 Å². The van der Waals surface area contributed by atoms with Gasteiger partial charge in [0.15, 0.2) is 0 Å². The molecule has 0 spiro atoms. The van der Waals surface area contributed by atoms with Gasteiger partial charge < -0.3 is 9.05 Å². The molecule has 108 valence electrons. The van der Waals surface area contributed by atoms with Crippen molar-refractivity contribution in [3.05, 3.63) is 30.3 Å². The van der Waals surface area contributed by atoms with Gasteiger partial charge in [0.2, 0.25) is 0 Å². The number of hydrogen-bond acceptors (Lipinski definition) is 5. The van der Waals surface area contributed by atoms with Gasteiger partial charge in [0.25, 0.3) is 0 Å². The summed E-state index contributed by atoms with van der Waals surface area (Å²) in [5, 5.41) is 11.2. The molecule has 1 unspecified atom stereocenters. The second-order valence-electron chi connectivity index (χ2n) is 4.16. The number of nitrogens with zero attached hydrogens (tertiary/aromatic N) is 1. The molecule has 1 N–H and O–H groups in total. The third-order valence-electron chi connectivity index (χ3n) is 2.58. The Morgan fingerprint density at radius 3 is 2.21 bits per heavy atom. The summed E-state index contributed by atoms with van der Waals surface area (Å²) in [5.41, 5.74) is 0.648. The van der Waals surface area contributed by atoms with Crippen LogP contribution >= 0.6 is 7.60 Å². The SMILES string of the molecule is CCOP(=O)(CC(C)N(O)c1ccccc1)OCC. The molecule has 0 saturated carbocycles. The second kappa shape index (κ2) is 7.65. The zero-order valence-electron chi connectivity index (χ0n) is 11.7. The molecule has 0 aliphatic rings. The van der Waals surface area contributed by atoms with Gasteiger partial charge >= 0.3 is 7.60 Å². The Hall–Kier alpha value is -0.870. The molecule has 0 heterocycles. The summed E-state index contributed by atoms with van der Waals surface area (Å²) < 4.78 is 22.8. The van der Waals surface area contributed by atoms with Crippen LogP contribution < -0.4 is 5.06 Å². The standard InChI is InChI=1S/C13H22NO4P/c1-4-17-19(16,18-5-2)11-12(3)14(15)13-9-7-6-8-10-13/h6-10,12,15H,4-5,11H2,1-3H3. The molecule has 0 aliphatic heterocycles. The highest BCUT2D eigenvalue weighted by Crippen LogP contribution is 2.49. The fourth-order valence-corrected chi connectivity index (χ4v) is 3.65. The molecule has 0 bridgehead atoms. The van der Waals surface area contributed by atoms with E-state index in [0.29, 0.717) is 18.9 Å². The second-order valence-corrected chi connectivity index (χ2v) is 6.26. The van der Waals surface area contributed by atoms with Gasteiger partial charge in [-0.15, -0.1) is 0 Å². The molecule has 0 fully saturated rings. The third kappa shape index (κ3) is 4.96. The van der Waals surface area contributed by atoms with E-state index < -0.39 is 7.60 Å². The van der Waals surface area contributed by atoms with E-state index in [9.17, 15) is 9.77 Å². The van der Waals surface area contributed by atoms with Crippen LogP contribution in [0.2, 0.25) is 0 Å². The smallest absolute Gasteiger partial charge is 0.309 e.